The Balaban J connectivity index is 0.00000288. The molecular weight excluding hydrogens is 370 g/mol. The van der Waals surface area contributed by atoms with Crippen molar-refractivity contribution in [1.29, 1.82) is 0 Å². The van der Waals surface area contributed by atoms with E-state index in [9.17, 15) is 13.2 Å². The van der Waals surface area contributed by atoms with Crippen molar-refractivity contribution in [3.8, 4) is 0 Å². The number of anilines is 1. The second-order valence-corrected chi connectivity index (χ2v) is 7.73. The zero-order valence-corrected chi connectivity index (χ0v) is 15.3. The largest absolute Gasteiger partial charge is 0.352 e. The van der Waals surface area contributed by atoms with Gasteiger partial charge in [-0.1, -0.05) is 12.1 Å². The lowest BCUT2D eigenvalue weighted by atomic mass is 10.2. The maximum Gasteiger partial charge on any atom is 0.271 e. The maximum absolute atomic E-state index is 12.2. The Bertz CT molecular complexity index is 749. The Kier molecular flexibility index (Phi) is 8.20. The van der Waals surface area contributed by atoms with Gasteiger partial charge in [0.1, 0.15) is 4.21 Å². The van der Waals surface area contributed by atoms with Crippen molar-refractivity contribution in [2.45, 2.75) is 17.1 Å². The number of nitrogens with two attached hydrogens (primary N) is 1. The predicted octanol–water partition coefficient (Wildman–Crippen LogP) is 2.44. The van der Waals surface area contributed by atoms with Gasteiger partial charge >= 0.3 is 0 Å². The highest BCUT2D eigenvalue weighted by molar-refractivity contribution is 7.94. The molecule has 0 radical (unpaired) electrons. The minimum Gasteiger partial charge on any atom is -0.352 e. The fourth-order valence-electron chi connectivity index (χ4n) is 1.92. The fraction of sp³-hybridized carbons (Fsp3) is 0.267. The number of rotatable bonds is 8. The van der Waals surface area contributed by atoms with Gasteiger partial charge in [0.05, 0.1) is 0 Å². The second kappa shape index (κ2) is 9.63. The lowest BCUT2D eigenvalue weighted by Crippen LogP contribution is -2.25. The van der Waals surface area contributed by atoms with Gasteiger partial charge in [-0.15, -0.1) is 23.7 Å². The number of sulfonamides is 1. The fourth-order valence-corrected chi connectivity index (χ4v) is 3.96. The van der Waals surface area contributed by atoms with E-state index in [0.717, 1.165) is 24.2 Å². The summed E-state index contributed by atoms with van der Waals surface area (Å²) in [7, 11) is -3.61. The van der Waals surface area contributed by atoms with E-state index in [-0.39, 0.29) is 22.5 Å². The van der Waals surface area contributed by atoms with E-state index in [1.807, 2.05) is 0 Å². The molecule has 24 heavy (non-hydrogen) atoms. The van der Waals surface area contributed by atoms with Crippen LogP contribution in [-0.4, -0.2) is 27.4 Å². The molecule has 0 bridgehead atoms. The third kappa shape index (κ3) is 5.79. The minimum absolute atomic E-state index is 0. The molecule has 0 atom stereocenters. The summed E-state index contributed by atoms with van der Waals surface area (Å²) >= 11 is 1.14. The van der Waals surface area contributed by atoms with E-state index in [1.54, 1.807) is 29.6 Å². The topological polar surface area (TPSA) is 101 Å². The highest BCUT2D eigenvalue weighted by atomic mass is 35.5. The van der Waals surface area contributed by atoms with Crippen molar-refractivity contribution < 1.29 is 13.2 Å². The summed E-state index contributed by atoms with van der Waals surface area (Å²) in [4.78, 5) is 12.0. The minimum atomic E-state index is -3.61. The third-order valence-electron chi connectivity index (χ3n) is 3.05. The van der Waals surface area contributed by atoms with Crippen LogP contribution in [0.4, 0.5) is 5.69 Å². The first-order valence-electron chi connectivity index (χ1n) is 7.17. The summed E-state index contributed by atoms with van der Waals surface area (Å²) in [5.74, 6) is -0.237. The number of carbonyl (C=O) groups is 1. The van der Waals surface area contributed by atoms with Gasteiger partial charge in [-0.3, -0.25) is 9.52 Å². The average molecular weight is 390 g/mol. The molecule has 0 saturated carbocycles. The molecule has 4 N–H and O–H groups in total. The molecule has 132 valence electrons. The number of halogens is 1. The maximum atomic E-state index is 12.2. The summed E-state index contributed by atoms with van der Waals surface area (Å²) in [6.45, 7) is 1.14. The third-order valence-corrected chi connectivity index (χ3v) is 5.83. The number of carbonyl (C=O) groups excluding carboxylic acids is 1. The van der Waals surface area contributed by atoms with Gasteiger partial charge in [0.15, 0.2) is 0 Å². The SMILES string of the molecule is Cl.NCCCCNC(=O)c1cccc(NS(=O)(=O)c2cccs2)c1. The average Bonchev–Trinajstić information content (AvgIpc) is 3.06. The smallest absolute Gasteiger partial charge is 0.271 e. The molecule has 0 aliphatic carbocycles. The zero-order valence-electron chi connectivity index (χ0n) is 12.9. The van der Waals surface area contributed by atoms with Gasteiger partial charge in [0.25, 0.3) is 15.9 Å². The second-order valence-electron chi connectivity index (χ2n) is 4.87. The van der Waals surface area contributed by atoms with Crippen molar-refractivity contribution in [3.05, 3.63) is 47.3 Å². The van der Waals surface area contributed by atoms with E-state index in [1.165, 1.54) is 12.1 Å². The molecule has 0 aliphatic heterocycles. The Morgan fingerprint density at radius 3 is 2.62 bits per heavy atom. The standard InChI is InChI=1S/C15H19N3O3S2.ClH/c16-8-1-2-9-17-15(19)12-5-3-6-13(11-12)18-23(20,21)14-7-4-10-22-14;/h3-7,10-11,18H,1-2,8-9,16H2,(H,17,19);1H. The van der Waals surface area contributed by atoms with Crippen molar-refractivity contribution in [1.82, 2.24) is 5.32 Å². The van der Waals surface area contributed by atoms with E-state index in [0.29, 0.717) is 24.3 Å². The molecule has 0 unspecified atom stereocenters. The van der Waals surface area contributed by atoms with Crippen LogP contribution in [0.1, 0.15) is 23.2 Å². The van der Waals surface area contributed by atoms with Crippen LogP contribution in [0.3, 0.4) is 0 Å². The first-order valence-corrected chi connectivity index (χ1v) is 9.54. The molecule has 1 heterocycles. The van der Waals surface area contributed by atoms with Crippen LogP contribution < -0.4 is 15.8 Å². The van der Waals surface area contributed by atoms with Gasteiger partial charge in [-0.25, -0.2) is 8.42 Å². The monoisotopic (exact) mass is 389 g/mol. The Hall–Kier alpha value is -1.61. The molecule has 1 amide bonds. The molecule has 1 aromatic carbocycles. The first kappa shape index (κ1) is 20.4. The number of thiophene rings is 1. The van der Waals surface area contributed by atoms with Crippen molar-refractivity contribution in [2.75, 3.05) is 17.8 Å². The zero-order chi connectivity index (χ0) is 16.7. The van der Waals surface area contributed by atoms with Gasteiger partial charge < -0.3 is 11.1 Å². The number of hydrogen-bond donors (Lipinski definition) is 3. The van der Waals surface area contributed by atoms with E-state index in [2.05, 4.69) is 10.0 Å². The summed E-state index contributed by atoms with van der Waals surface area (Å²) in [6, 6.07) is 9.60. The predicted molar refractivity (Wildman–Crippen MR) is 99.4 cm³/mol. The number of unbranched alkanes of at least 4 members (excludes halogenated alkanes) is 1. The van der Waals surface area contributed by atoms with Gasteiger partial charge in [0.2, 0.25) is 0 Å². The highest BCUT2D eigenvalue weighted by Gasteiger charge is 2.15. The molecular formula is C15H20ClN3O3S2. The van der Waals surface area contributed by atoms with Crippen LogP contribution in [0.25, 0.3) is 0 Å². The van der Waals surface area contributed by atoms with Crippen LogP contribution >= 0.6 is 23.7 Å². The van der Waals surface area contributed by atoms with Crippen molar-refractivity contribution >= 4 is 45.4 Å². The van der Waals surface area contributed by atoms with Crippen LogP contribution in [0.15, 0.2) is 46.0 Å². The summed E-state index contributed by atoms with van der Waals surface area (Å²) in [5.41, 5.74) is 6.16. The van der Waals surface area contributed by atoms with E-state index >= 15 is 0 Å². The van der Waals surface area contributed by atoms with Gasteiger partial charge in [0, 0.05) is 17.8 Å². The highest BCUT2D eigenvalue weighted by Crippen LogP contribution is 2.20. The molecule has 0 aliphatic rings. The first-order chi connectivity index (χ1) is 11.0. The molecule has 2 rings (SSSR count). The summed E-state index contributed by atoms with van der Waals surface area (Å²) < 4.78 is 27.1. The van der Waals surface area contributed by atoms with Crippen LogP contribution in [-0.2, 0) is 10.0 Å². The summed E-state index contributed by atoms with van der Waals surface area (Å²) in [6.07, 6.45) is 1.66. The Morgan fingerprint density at radius 2 is 1.96 bits per heavy atom. The number of amides is 1. The Labute approximate surface area is 151 Å². The molecule has 0 fully saturated rings. The number of nitrogens with one attached hydrogen (secondary N) is 2. The lowest BCUT2D eigenvalue weighted by Gasteiger charge is -2.09. The quantitative estimate of drug-likeness (QED) is 0.603. The molecule has 0 saturated heterocycles. The molecule has 6 nitrogen and oxygen atoms in total. The van der Waals surface area contributed by atoms with Crippen molar-refractivity contribution in [3.63, 3.8) is 0 Å². The number of hydrogen-bond acceptors (Lipinski definition) is 5. The van der Waals surface area contributed by atoms with Crippen molar-refractivity contribution in [2.24, 2.45) is 5.73 Å². The van der Waals surface area contributed by atoms with E-state index < -0.39 is 10.0 Å². The molecule has 9 heteroatoms. The molecule has 1 aromatic heterocycles. The van der Waals surface area contributed by atoms with Gasteiger partial charge in [-0.2, -0.15) is 0 Å². The van der Waals surface area contributed by atoms with E-state index in [4.69, 9.17) is 5.73 Å². The summed E-state index contributed by atoms with van der Waals surface area (Å²) in [5, 5.41) is 4.48. The number of benzene rings is 1. The lowest BCUT2D eigenvalue weighted by molar-refractivity contribution is 0.0953. The van der Waals surface area contributed by atoms with Gasteiger partial charge in [-0.05, 0) is 49.0 Å². The van der Waals surface area contributed by atoms with Crippen LogP contribution in [0.5, 0.6) is 0 Å². The molecule has 2 aromatic rings. The molecule has 0 spiro atoms. The van der Waals surface area contributed by atoms with Crippen LogP contribution in [0.2, 0.25) is 0 Å². The Morgan fingerprint density at radius 1 is 1.17 bits per heavy atom. The van der Waals surface area contributed by atoms with Crippen LogP contribution in [0, 0.1) is 0 Å². The normalized spacial score (nSPS) is 10.7.